The van der Waals surface area contributed by atoms with Crippen LogP contribution in [0.2, 0.25) is 0 Å². The maximum Gasteiger partial charge on any atom is 0.275 e. The summed E-state index contributed by atoms with van der Waals surface area (Å²) in [5.74, 6) is 0.113. The van der Waals surface area contributed by atoms with Crippen LogP contribution in [-0.4, -0.2) is 25.8 Å². The molecule has 5 aromatic rings. The van der Waals surface area contributed by atoms with E-state index < -0.39 is 5.91 Å². The van der Waals surface area contributed by atoms with Gasteiger partial charge in [0.25, 0.3) is 11.5 Å². The molecule has 0 aliphatic rings. The Kier molecular flexibility index (Phi) is 5.47. The molecule has 0 saturated carbocycles. The Labute approximate surface area is 188 Å². The van der Waals surface area contributed by atoms with Crippen molar-refractivity contribution in [1.82, 2.24) is 25.2 Å². The average Bonchev–Trinajstić information content (AvgIpc) is 3.37. The van der Waals surface area contributed by atoms with Gasteiger partial charge in [-0.15, -0.1) is 0 Å². The standard InChI is InChI=1S/C25H19N5O3/c31-24(21-14-23(33-29-21)17-8-2-1-3-9-17)27-15-22-19-11-4-5-12-20(19)25(32)30(28-22)16-18-10-6-7-13-26-18/h1-14H,15-16H2,(H,27,31). The number of rotatable bonds is 6. The summed E-state index contributed by atoms with van der Waals surface area (Å²) in [6, 6.07) is 23.7. The molecular formula is C25H19N5O3. The highest BCUT2D eigenvalue weighted by molar-refractivity contribution is 5.93. The number of benzene rings is 2. The summed E-state index contributed by atoms with van der Waals surface area (Å²) in [5.41, 5.74) is 2.07. The molecule has 0 atom stereocenters. The van der Waals surface area contributed by atoms with E-state index in [2.05, 4.69) is 20.6 Å². The highest BCUT2D eigenvalue weighted by atomic mass is 16.5. The topological polar surface area (TPSA) is 103 Å². The summed E-state index contributed by atoms with van der Waals surface area (Å²) in [5, 5.41) is 12.4. The summed E-state index contributed by atoms with van der Waals surface area (Å²) in [6.45, 7) is 0.352. The van der Waals surface area contributed by atoms with Gasteiger partial charge >= 0.3 is 0 Å². The average molecular weight is 437 g/mol. The molecule has 2 aromatic carbocycles. The number of pyridine rings is 1. The summed E-state index contributed by atoms with van der Waals surface area (Å²) < 4.78 is 6.69. The van der Waals surface area contributed by atoms with E-state index in [1.54, 1.807) is 24.4 Å². The second kappa shape index (κ2) is 8.88. The van der Waals surface area contributed by atoms with Crippen LogP contribution in [-0.2, 0) is 13.1 Å². The molecule has 0 aliphatic carbocycles. The highest BCUT2D eigenvalue weighted by Crippen LogP contribution is 2.20. The third-order valence-corrected chi connectivity index (χ3v) is 5.20. The van der Waals surface area contributed by atoms with Gasteiger partial charge in [0.05, 0.1) is 29.9 Å². The summed E-state index contributed by atoms with van der Waals surface area (Å²) in [7, 11) is 0. The Balaban J connectivity index is 1.40. The Hall–Kier alpha value is -4.59. The zero-order chi connectivity index (χ0) is 22.6. The van der Waals surface area contributed by atoms with Crippen molar-refractivity contribution in [2.75, 3.05) is 0 Å². The van der Waals surface area contributed by atoms with Crippen molar-refractivity contribution in [3.63, 3.8) is 0 Å². The Bertz CT molecular complexity index is 1480. The number of hydrogen-bond donors (Lipinski definition) is 1. The lowest BCUT2D eigenvalue weighted by Gasteiger charge is -2.11. The Morgan fingerprint density at radius 1 is 0.939 bits per heavy atom. The zero-order valence-electron chi connectivity index (χ0n) is 17.5. The van der Waals surface area contributed by atoms with Gasteiger partial charge in [-0.25, -0.2) is 4.68 Å². The quantitative estimate of drug-likeness (QED) is 0.437. The molecule has 8 heteroatoms. The van der Waals surface area contributed by atoms with Crippen molar-refractivity contribution in [2.45, 2.75) is 13.1 Å². The minimum atomic E-state index is -0.394. The molecule has 8 nitrogen and oxygen atoms in total. The first-order valence-electron chi connectivity index (χ1n) is 10.4. The van der Waals surface area contributed by atoms with Crippen molar-refractivity contribution >= 4 is 16.7 Å². The second-order valence-electron chi connectivity index (χ2n) is 7.40. The smallest absolute Gasteiger partial charge is 0.275 e. The van der Waals surface area contributed by atoms with E-state index in [1.165, 1.54) is 4.68 Å². The van der Waals surface area contributed by atoms with Gasteiger partial charge in [-0.05, 0) is 18.2 Å². The van der Waals surface area contributed by atoms with Crippen LogP contribution in [0.25, 0.3) is 22.1 Å². The van der Waals surface area contributed by atoms with E-state index in [1.807, 2.05) is 60.7 Å². The van der Waals surface area contributed by atoms with E-state index in [0.29, 0.717) is 27.9 Å². The molecule has 1 N–H and O–H groups in total. The normalized spacial score (nSPS) is 10.9. The lowest BCUT2D eigenvalue weighted by atomic mass is 10.1. The van der Waals surface area contributed by atoms with Crippen LogP contribution in [0.4, 0.5) is 0 Å². The van der Waals surface area contributed by atoms with Gasteiger partial charge in [-0.2, -0.15) is 5.10 Å². The minimum Gasteiger partial charge on any atom is -0.355 e. The Morgan fingerprint density at radius 3 is 2.48 bits per heavy atom. The van der Waals surface area contributed by atoms with Gasteiger partial charge in [0.1, 0.15) is 0 Å². The van der Waals surface area contributed by atoms with Crippen molar-refractivity contribution in [3.05, 3.63) is 112 Å². The lowest BCUT2D eigenvalue weighted by molar-refractivity contribution is 0.0941. The molecule has 3 heterocycles. The van der Waals surface area contributed by atoms with E-state index >= 15 is 0 Å². The number of carbonyl (C=O) groups excluding carboxylic acids is 1. The van der Waals surface area contributed by atoms with E-state index in [9.17, 15) is 9.59 Å². The fourth-order valence-corrected chi connectivity index (χ4v) is 3.56. The first-order chi connectivity index (χ1) is 16.2. The number of nitrogens with zero attached hydrogens (tertiary/aromatic N) is 4. The largest absolute Gasteiger partial charge is 0.355 e. The van der Waals surface area contributed by atoms with Crippen LogP contribution < -0.4 is 10.9 Å². The van der Waals surface area contributed by atoms with Crippen LogP contribution in [0.1, 0.15) is 21.9 Å². The number of aromatic nitrogens is 4. The fraction of sp³-hybridized carbons (Fsp3) is 0.0800. The third kappa shape index (κ3) is 4.27. The molecule has 1 amide bonds. The highest BCUT2D eigenvalue weighted by Gasteiger charge is 2.16. The molecule has 0 radical (unpaired) electrons. The summed E-state index contributed by atoms with van der Waals surface area (Å²) >= 11 is 0. The van der Waals surface area contributed by atoms with Gasteiger partial charge in [-0.3, -0.25) is 14.6 Å². The van der Waals surface area contributed by atoms with Crippen molar-refractivity contribution in [3.8, 4) is 11.3 Å². The molecule has 0 unspecified atom stereocenters. The first-order valence-corrected chi connectivity index (χ1v) is 10.4. The van der Waals surface area contributed by atoms with Crippen molar-refractivity contribution in [2.24, 2.45) is 0 Å². The van der Waals surface area contributed by atoms with Crippen LogP contribution in [0.15, 0.2) is 94.4 Å². The lowest BCUT2D eigenvalue weighted by Crippen LogP contribution is -2.29. The molecule has 0 fully saturated rings. The van der Waals surface area contributed by atoms with Gasteiger partial charge in [0, 0.05) is 23.2 Å². The predicted octanol–water partition coefficient (Wildman–Crippen LogP) is 3.42. The predicted molar refractivity (Wildman–Crippen MR) is 122 cm³/mol. The number of hydrogen-bond acceptors (Lipinski definition) is 6. The molecule has 0 spiro atoms. The summed E-state index contributed by atoms with van der Waals surface area (Å²) in [4.78, 5) is 29.9. The second-order valence-corrected chi connectivity index (χ2v) is 7.40. The summed E-state index contributed by atoms with van der Waals surface area (Å²) in [6.07, 6.45) is 1.67. The van der Waals surface area contributed by atoms with Crippen LogP contribution in [0, 0.1) is 0 Å². The van der Waals surface area contributed by atoms with Crippen LogP contribution >= 0.6 is 0 Å². The van der Waals surface area contributed by atoms with Gasteiger partial charge < -0.3 is 9.84 Å². The molecular weight excluding hydrogens is 418 g/mol. The van der Waals surface area contributed by atoms with Crippen molar-refractivity contribution in [1.29, 1.82) is 0 Å². The molecule has 0 bridgehead atoms. The van der Waals surface area contributed by atoms with E-state index in [0.717, 1.165) is 5.56 Å². The molecule has 0 saturated heterocycles. The van der Waals surface area contributed by atoms with Gasteiger partial charge in [0.2, 0.25) is 0 Å². The molecule has 162 valence electrons. The van der Waals surface area contributed by atoms with Crippen LogP contribution in [0.5, 0.6) is 0 Å². The molecule has 0 aliphatic heterocycles. The van der Waals surface area contributed by atoms with Crippen LogP contribution in [0.3, 0.4) is 0 Å². The first kappa shape index (κ1) is 20.3. The van der Waals surface area contributed by atoms with E-state index in [-0.39, 0.29) is 24.3 Å². The Morgan fingerprint density at radius 2 is 1.70 bits per heavy atom. The minimum absolute atomic E-state index is 0.120. The van der Waals surface area contributed by atoms with Crippen molar-refractivity contribution < 1.29 is 9.32 Å². The number of carbonyl (C=O) groups is 1. The third-order valence-electron chi connectivity index (χ3n) is 5.20. The van der Waals surface area contributed by atoms with E-state index in [4.69, 9.17) is 4.52 Å². The van der Waals surface area contributed by atoms with Gasteiger partial charge in [-0.1, -0.05) is 59.8 Å². The maximum atomic E-state index is 12.9. The number of fused-ring (bicyclic) bond motifs is 1. The fourth-order valence-electron chi connectivity index (χ4n) is 3.56. The number of amides is 1. The molecule has 3 aromatic heterocycles. The molecule has 33 heavy (non-hydrogen) atoms. The number of nitrogens with one attached hydrogen (secondary N) is 1. The SMILES string of the molecule is O=C(NCc1nn(Cc2ccccn2)c(=O)c2ccccc12)c1cc(-c2ccccc2)on1. The monoisotopic (exact) mass is 437 g/mol. The maximum absolute atomic E-state index is 12.9. The van der Waals surface area contributed by atoms with Gasteiger partial charge in [0.15, 0.2) is 11.5 Å². The molecule has 5 rings (SSSR count). The zero-order valence-corrected chi connectivity index (χ0v) is 17.5.